The first-order valence-corrected chi connectivity index (χ1v) is 8.10. The van der Waals surface area contributed by atoms with Crippen LogP contribution in [-0.2, 0) is 14.3 Å². The average Bonchev–Trinajstić information content (AvgIpc) is 2.68. The summed E-state index contributed by atoms with van der Waals surface area (Å²) in [6.45, 7) is 2.95. The molecule has 7 nitrogen and oxygen atoms in total. The van der Waals surface area contributed by atoms with Crippen molar-refractivity contribution in [2.24, 2.45) is 5.41 Å². The van der Waals surface area contributed by atoms with E-state index >= 15 is 0 Å². The first-order valence-electron chi connectivity index (χ1n) is 8.10. The predicted octanol–water partition coefficient (Wildman–Crippen LogP) is 2.95. The maximum absolute atomic E-state index is 12.7. The number of rotatable bonds is 5. The van der Waals surface area contributed by atoms with Gasteiger partial charge in [0, 0.05) is 5.69 Å². The Morgan fingerprint density at radius 2 is 1.56 bits per heavy atom. The van der Waals surface area contributed by atoms with Crippen LogP contribution in [0.2, 0.25) is 0 Å². The monoisotopic (exact) mass is 365 g/mol. The van der Waals surface area contributed by atoms with Gasteiger partial charge in [0.1, 0.15) is 5.41 Å². The van der Waals surface area contributed by atoms with Gasteiger partial charge in [0.2, 0.25) is 11.8 Å². The fourth-order valence-corrected chi connectivity index (χ4v) is 2.18. The number of hydrogen-bond donors (Lipinski definition) is 2. The molecule has 0 saturated carbocycles. The van der Waals surface area contributed by atoms with E-state index < -0.39 is 23.2 Å². The van der Waals surface area contributed by atoms with Crippen molar-refractivity contribution in [3.8, 4) is 6.07 Å². The number of methoxy groups -OCH3 is 1. The van der Waals surface area contributed by atoms with Crippen LogP contribution in [-0.4, -0.2) is 24.9 Å². The molecule has 2 amide bonds. The highest BCUT2D eigenvalue weighted by atomic mass is 16.5. The Hall–Kier alpha value is -3.66. The fourth-order valence-electron chi connectivity index (χ4n) is 2.18. The number of carbonyl (C=O) groups excluding carboxylic acids is 3. The lowest BCUT2D eigenvalue weighted by Crippen LogP contribution is -2.41. The van der Waals surface area contributed by atoms with E-state index in [-0.39, 0.29) is 11.3 Å². The second-order valence-electron chi connectivity index (χ2n) is 6.26. The summed E-state index contributed by atoms with van der Waals surface area (Å²) < 4.78 is 4.70. The van der Waals surface area contributed by atoms with Crippen molar-refractivity contribution < 1.29 is 19.1 Å². The summed E-state index contributed by atoms with van der Waals surface area (Å²) >= 11 is 0. The SMILES string of the molecule is COC(=O)c1ccccc1NC(=O)C(C)(C)C(=O)Nc1ccc(C#N)cc1. The van der Waals surface area contributed by atoms with Gasteiger partial charge in [-0.3, -0.25) is 9.59 Å². The molecule has 0 spiro atoms. The lowest BCUT2D eigenvalue weighted by Gasteiger charge is -2.23. The molecule has 0 bridgehead atoms. The lowest BCUT2D eigenvalue weighted by molar-refractivity contribution is -0.135. The van der Waals surface area contributed by atoms with Crippen molar-refractivity contribution in [2.45, 2.75) is 13.8 Å². The molecule has 2 N–H and O–H groups in total. The van der Waals surface area contributed by atoms with Gasteiger partial charge in [0.05, 0.1) is 30.0 Å². The normalized spacial score (nSPS) is 10.4. The molecule has 0 saturated heterocycles. The largest absolute Gasteiger partial charge is 0.465 e. The van der Waals surface area contributed by atoms with Crippen LogP contribution in [0, 0.1) is 16.7 Å². The number of ether oxygens (including phenoxy) is 1. The highest BCUT2D eigenvalue weighted by molar-refractivity contribution is 6.15. The number of para-hydroxylation sites is 1. The van der Waals surface area contributed by atoms with E-state index in [1.807, 2.05) is 6.07 Å². The van der Waals surface area contributed by atoms with Crippen molar-refractivity contribution in [3.63, 3.8) is 0 Å². The number of nitriles is 1. The molecule has 0 unspecified atom stereocenters. The molecule has 0 aliphatic heterocycles. The van der Waals surface area contributed by atoms with E-state index in [9.17, 15) is 14.4 Å². The minimum Gasteiger partial charge on any atom is -0.465 e. The van der Waals surface area contributed by atoms with E-state index in [1.54, 1.807) is 42.5 Å². The zero-order chi connectivity index (χ0) is 20.0. The second kappa shape index (κ2) is 8.15. The molecule has 2 aromatic carbocycles. The highest BCUT2D eigenvalue weighted by Gasteiger charge is 2.36. The molecular formula is C20H19N3O4. The summed E-state index contributed by atoms with van der Waals surface area (Å²) in [6.07, 6.45) is 0. The molecule has 138 valence electrons. The van der Waals surface area contributed by atoms with Crippen molar-refractivity contribution in [2.75, 3.05) is 17.7 Å². The fraction of sp³-hybridized carbons (Fsp3) is 0.200. The number of carbonyl (C=O) groups is 3. The summed E-state index contributed by atoms with van der Waals surface area (Å²) in [4.78, 5) is 37.0. The predicted molar refractivity (Wildman–Crippen MR) is 100.0 cm³/mol. The summed E-state index contributed by atoms with van der Waals surface area (Å²) in [6, 6.07) is 14.7. The van der Waals surface area contributed by atoms with E-state index in [0.29, 0.717) is 11.3 Å². The minimum absolute atomic E-state index is 0.191. The van der Waals surface area contributed by atoms with Crippen LogP contribution in [0.15, 0.2) is 48.5 Å². The van der Waals surface area contributed by atoms with Gasteiger partial charge in [-0.2, -0.15) is 5.26 Å². The number of benzene rings is 2. The standard InChI is InChI=1S/C20H19N3O4/c1-20(2,18(25)22-14-10-8-13(12-21)9-11-14)19(26)23-16-7-5-4-6-15(16)17(24)27-3/h4-11H,1-3H3,(H,22,25)(H,23,26). The van der Waals surface area contributed by atoms with Crippen molar-refractivity contribution in [1.82, 2.24) is 0 Å². The van der Waals surface area contributed by atoms with Crippen LogP contribution < -0.4 is 10.6 Å². The highest BCUT2D eigenvalue weighted by Crippen LogP contribution is 2.24. The van der Waals surface area contributed by atoms with Crippen LogP contribution >= 0.6 is 0 Å². The Morgan fingerprint density at radius 1 is 0.963 bits per heavy atom. The van der Waals surface area contributed by atoms with E-state index in [1.165, 1.54) is 27.0 Å². The quantitative estimate of drug-likeness (QED) is 0.625. The maximum atomic E-state index is 12.7. The van der Waals surface area contributed by atoms with Gasteiger partial charge in [0.15, 0.2) is 0 Å². The number of hydrogen-bond acceptors (Lipinski definition) is 5. The van der Waals surface area contributed by atoms with Gasteiger partial charge >= 0.3 is 5.97 Å². The second-order valence-corrected chi connectivity index (χ2v) is 6.26. The number of esters is 1. The first kappa shape index (κ1) is 19.7. The summed E-state index contributed by atoms with van der Waals surface area (Å²) in [5.41, 5.74) is -0.0403. The van der Waals surface area contributed by atoms with Crippen molar-refractivity contribution >= 4 is 29.2 Å². The molecule has 0 aromatic heterocycles. The van der Waals surface area contributed by atoms with E-state index in [4.69, 9.17) is 10.00 Å². The Balaban J connectivity index is 2.15. The Morgan fingerprint density at radius 3 is 2.15 bits per heavy atom. The smallest absolute Gasteiger partial charge is 0.339 e. The molecule has 0 aliphatic carbocycles. The van der Waals surface area contributed by atoms with Crippen molar-refractivity contribution in [3.05, 3.63) is 59.7 Å². The molecule has 2 aromatic rings. The lowest BCUT2D eigenvalue weighted by atomic mass is 9.90. The topological polar surface area (TPSA) is 108 Å². The van der Waals surface area contributed by atoms with Gasteiger partial charge in [-0.05, 0) is 50.2 Å². The molecule has 0 heterocycles. The van der Waals surface area contributed by atoms with Gasteiger partial charge in [0.25, 0.3) is 0 Å². The van der Waals surface area contributed by atoms with Crippen LogP contribution in [0.5, 0.6) is 0 Å². The molecule has 7 heteroatoms. The average molecular weight is 365 g/mol. The number of amides is 2. The number of nitrogens with zero attached hydrogens (tertiary/aromatic N) is 1. The zero-order valence-corrected chi connectivity index (χ0v) is 15.2. The van der Waals surface area contributed by atoms with Crippen LogP contribution in [0.1, 0.15) is 29.8 Å². The maximum Gasteiger partial charge on any atom is 0.339 e. The third-order valence-electron chi connectivity index (χ3n) is 3.99. The molecule has 2 rings (SSSR count). The third-order valence-corrected chi connectivity index (χ3v) is 3.99. The van der Waals surface area contributed by atoms with E-state index in [0.717, 1.165) is 0 Å². The molecule has 0 fully saturated rings. The Kier molecular flexibility index (Phi) is 5.93. The van der Waals surface area contributed by atoms with Gasteiger partial charge in [-0.15, -0.1) is 0 Å². The third kappa shape index (κ3) is 4.50. The number of nitrogens with one attached hydrogen (secondary N) is 2. The Labute approximate surface area is 156 Å². The zero-order valence-electron chi connectivity index (χ0n) is 15.2. The summed E-state index contributed by atoms with van der Waals surface area (Å²) in [5.74, 6) is -1.70. The molecular weight excluding hydrogens is 346 g/mol. The first-order chi connectivity index (χ1) is 12.8. The van der Waals surface area contributed by atoms with Gasteiger partial charge in [-0.25, -0.2) is 4.79 Å². The van der Waals surface area contributed by atoms with Gasteiger partial charge < -0.3 is 15.4 Å². The summed E-state index contributed by atoms with van der Waals surface area (Å²) in [7, 11) is 1.25. The molecule has 0 atom stereocenters. The number of anilines is 2. The summed E-state index contributed by atoms with van der Waals surface area (Å²) in [5, 5.41) is 14.1. The molecule has 0 aliphatic rings. The molecule has 27 heavy (non-hydrogen) atoms. The van der Waals surface area contributed by atoms with E-state index in [2.05, 4.69) is 10.6 Å². The van der Waals surface area contributed by atoms with Gasteiger partial charge in [-0.1, -0.05) is 12.1 Å². The van der Waals surface area contributed by atoms with Crippen molar-refractivity contribution in [1.29, 1.82) is 5.26 Å². The molecule has 0 radical (unpaired) electrons. The van der Waals surface area contributed by atoms with Crippen LogP contribution in [0.25, 0.3) is 0 Å². The Bertz CT molecular complexity index is 912. The van der Waals surface area contributed by atoms with Crippen LogP contribution in [0.3, 0.4) is 0 Å². The minimum atomic E-state index is -1.42. The van der Waals surface area contributed by atoms with Crippen LogP contribution in [0.4, 0.5) is 11.4 Å².